The molecule has 1 N–H and O–H groups in total. The molecule has 0 atom stereocenters. The molecule has 1 aliphatic heterocycles. The first-order valence-electron chi connectivity index (χ1n) is 6.76. The van der Waals surface area contributed by atoms with Gasteiger partial charge in [0, 0.05) is 30.8 Å². The predicted octanol–water partition coefficient (Wildman–Crippen LogP) is 2.87. The van der Waals surface area contributed by atoms with Crippen molar-refractivity contribution in [3.8, 4) is 0 Å². The van der Waals surface area contributed by atoms with Crippen LogP contribution in [0.2, 0.25) is 0 Å². The third-order valence-corrected chi connectivity index (χ3v) is 4.03. The van der Waals surface area contributed by atoms with E-state index in [1.54, 1.807) is 0 Å². The lowest BCUT2D eigenvalue weighted by Crippen LogP contribution is -2.31. The first-order valence-corrected chi connectivity index (χ1v) is 6.76. The molecule has 1 spiro atoms. The molecular weight excluding hydrogens is 240 g/mol. The molecule has 4 nitrogen and oxygen atoms in total. The van der Waals surface area contributed by atoms with Crippen LogP contribution in [-0.2, 0) is 9.47 Å². The monoisotopic (exact) mass is 256 g/mol. The zero-order valence-electron chi connectivity index (χ0n) is 10.7. The van der Waals surface area contributed by atoms with Crippen LogP contribution in [0.4, 0.5) is 0 Å². The number of pyridine rings is 1. The van der Waals surface area contributed by atoms with Crippen LogP contribution in [0.5, 0.6) is 0 Å². The number of aromatic nitrogens is 2. The average molecular weight is 256 g/mol. The molecular formula is C15H16N2O2. The summed E-state index contributed by atoms with van der Waals surface area (Å²) in [5, 5.41) is 0. The SMILES string of the molecule is C1=C(c2c[nH]c3cccnc23)CCC2(C1)OCCO2. The third kappa shape index (κ3) is 1.79. The van der Waals surface area contributed by atoms with Gasteiger partial charge in [-0.05, 0) is 24.1 Å². The van der Waals surface area contributed by atoms with Crippen LogP contribution in [0.3, 0.4) is 0 Å². The lowest BCUT2D eigenvalue weighted by atomic mass is 9.90. The van der Waals surface area contributed by atoms with E-state index < -0.39 is 0 Å². The van der Waals surface area contributed by atoms with Crippen molar-refractivity contribution < 1.29 is 9.47 Å². The van der Waals surface area contributed by atoms with Gasteiger partial charge in [-0.2, -0.15) is 0 Å². The molecule has 19 heavy (non-hydrogen) atoms. The quantitative estimate of drug-likeness (QED) is 0.853. The summed E-state index contributed by atoms with van der Waals surface area (Å²) in [6, 6.07) is 4.01. The number of fused-ring (bicyclic) bond motifs is 1. The Balaban J connectivity index is 1.68. The molecule has 4 heteroatoms. The molecule has 0 unspecified atom stereocenters. The molecule has 0 aromatic carbocycles. The van der Waals surface area contributed by atoms with Crippen molar-refractivity contribution in [3.05, 3.63) is 36.2 Å². The van der Waals surface area contributed by atoms with Crippen molar-refractivity contribution in [2.75, 3.05) is 13.2 Å². The minimum absolute atomic E-state index is 0.344. The van der Waals surface area contributed by atoms with E-state index in [9.17, 15) is 0 Å². The number of nitrogens with one attached hydrogen (secondary N) is 1. The normalized spacial score (nSPS) is 22.0. The second kappa shape index (κ2) is 4.18. The topological polar surface area (TPSA) is 47.1 Å². The van der Waals surface area contributed by atoms with Gasteiger partial charge in [0.2, 0.25) is 0 Å². The Morgan fingerprint density at radius 1 is 1.26 bits per heavy atom. The molecule has 98 valence electrons. The highest BCUT2D eigenvalue weighted by atomic mass is 16.7. The Kier molecular flexibility index (Phi) is 2.47. The van der Waals surface area contributed by atoms with Gasteiger partial charge in [-0.3, -0.25) is 4.98 Å². The minimum Gasteiger partial charge on any atom is -0.359 e. The predicted molar refractivity (Wildman–Crippen MR) is 72.6 cm³/mol. The van der Waals surface area contributed by atoms with Crippen LogP contribution < -0.4 is 0 Å². The molecule has 0 bridgehead atoms. The first kappa shape index (κ1) is 11.2. The second-order valence-electron chi connectivity index (χ2n) is 5.14. The fourth-order valence-electron chi connectivity index (χ4n) is 3.01. The summed E-state index contributed by atoms with van der Waals surface area (Å²) in [4.78, 5) is 7.75. The summed E-state index contributed by atoms with van der Waals surface area (Å²) in [6.07, 6.45) is 8.88. The molecule has 4 rings (SSSR count). The third-order valence-electron chi connectivity index (χ3n) is 4.03. The van der Waals surface area contributed by atoms with E-state index in [-0.39, 0.29) is 5.79 Å². The van der Waals surface area contributed by atoms with Crippen molar-refractivity contribution in [1.29, 1.82) is 0 Å². The fraction of sp³-hybridized carbons (Fsp3) is 0.400. The Morgan fingerprint density at radius 3 is 2.95 bits per heavy atom. The van der Waals surface area contributed by atoms with Crippen molar-refractivity contribution in [2.24, 2.45) is 0 Å². The summed E-state index contributed by atoms with van der Waals surface area (Å²) in [5.41, 5.74) is 4.70. The summed E-state index contributed by atoms with van der Waals surface area (Å²) < 4.78 is 11.5. The van der Waals surface area contributed by atoms with Gasteiger partial charge in [-0.15, -0.1) is 0 Å². The maximum absolute atomic E-state index is 5.74. The number of hydrogen-bond acceptors (Lipinski definition) is 3. The van der Waals surface area contributed by atoms with E-state index in [4.69, 9.17) is 9.47 Å². The summed E-state index contributed by atoms with van der Waals surface area (Å²) >= 11 is 0. The van der Waals surface area contributed by atoms with Gasteiger partial charge in [0.05, 0.1) is 24.2 Å². The molecule has 2 aliphatic rings. The lowest BCUT2D eigenvalue weighted by molar-refractivity contribution is -0.159. The number of ether oxygens (including phenoxy) is 2. The van der Waals surface area contributed by atoms with E-state index >= 15 is 0 Å². The average Bonchev–Trinajstić information content (AvgIpc) is 3.08. The van der Waals surface area contributed by atoms with Crippen molar-refractivity contribution in [3.63, 3.8) is 0 Å². The van der Waals surface area contributed by atoms with E-state index in [0.717, 1.165) is 43.5 Å². The molecule has 1 aliphatic carbocycles. The molecule has 3 heterocycles. The van der Waals surface area contributed by atoms with E-state index in [2.05, 4.69) is 28.3 Å². The smallest absolute Gasteiger partial charge is 0.172 e. The van der Waals surface area contributed by atoms with Crippen LogP contribution in [0.1, 0.15) is 24.8 Å². The van der Waals surface area contributed by atoms with E-state index in [1.165, 1.54) is 11.1 Å². The van der Waals surface area contributed by atoms with Crippen LogP contribution >= 0.6 is 0 Å². The molecule has 0 saturated carbocycles. The zero-order valence-corrected chi connectivity index (χ0v) is 10.7. The van der Waals surface area contributed by atoms with Crippen LogP contribution in [-0.4, -0.2) is 29.0 Å². The zero-order chi connectivity index (χ0) is 12.7. The number of H-pyrrole nitrogens is 1. The van der Waals surface area contributed by atoms with Crippen LogP contribution in [0.25, 0.3) is 16.6 Å². The first-order chi connectivity index (χ1) is 9.36. The Morgan fingerprint density at radius 2 is 2.16 bits per heavy atom. The van der Waals surface area contributed by atoms with Gasteiger partial charge in [-0.25, -0.2) is 0 Å². The number of rotatable bonds is 1. The van der Waals surface area contributed by atoms with Gasteiger partial charge in [0.25, 0.3) is 0 Å². The van der Waals surface area contributed by atoms with Crippen LogP contribution in [0.15, 0.2) is 30.6 Å². The number of hydrogen-bond donors (Lipinski definition) is 1. The molecule has 2 aromatic heterocycles. The molecule has 2 aromatic rings. The Labute approximate surface area is 111 Å². The van der Waals surface area contributed by atoms with Gasteiger partial charge < -0.3 is 14.5 Å². The standard InChI is InChI=1S/C15H16N2O2/c1-2-13-14(16-7-1)12(10-17-13)11-3-5-15(6-4-11)18-8-9-19-15/h1-3,7,10,17H,4-6,8-9H2. The highest BCUT2D eigenvalue weighted by molar-refractivity contribution is 5.89. The Bertz CT molecular complexity index is 638. The van der Waals surface area contributed by atoms with E-state index in [0.29, 0.717) is 0 Å². The fourth-order valence-corrected chi connectivity index (χ4v) is 3.01. The Hall–Kier alpha value is -1.65. The van der Waals surface area contributed by atoms with E-state index in [1.807, 2.05) is 12.3 Å². The van der Waals surface area contributed by atoms with Crippen molar-refractivity contribution >= 4 is 16.6 Å². The summed E-state index contributed by atoms with van der Waals surface area (Å²) in [5.74, 6) is -0.344. The van der Waals surface area contributed by atoms with Gasteiger partial charge in [0.1, 0.15) is 0 Å². The molecule has 0 radical (unpaired) electrons. The summed E-state index contributed by atoms with van der Waals surface area (Å²) in [7, 11) is 0. The van der Waals surface area contributed by atoms with Crippen molar-refractivity contribution in [2.45, 2.75) is 25.0 Å². The van der Waals surface area contributed by atoms with Gasteiger partial charge in [-0.1, -0.05) is 6.08 Å². The van der Waals surface area contributed by atoms with Gasteiger partial charge in [0.15, 0.2) is 5.79 Å². The molecule has 0 amide bonds. The molecule has 1 fully saturated rings. The number of nitrogens with zero attached hydrogens (tertiary/aromatic N) is 1. The second-order valence-corrected chi connectivity index (χ2v) is 5.14. The minimum atomic E-state index is -0.344. The highest BCUT2D eigenvalue weighted by Crippen LogP contribution is 2.39. The maximum Gasteiger partial charge on any atom is 0.172 e. The number of aromatic amines is 1. The van der Waals surface area contributed by atoms with Gasteiger partial charge >= 0.3 is 0 Å². The summed E-state index contributed by atoms with van der Waals surface area (Å²) in [6.45, 7) is 1.44. The highest BCUT2D eigenvalue weighted by Gasteiger charge is 2.37. The molecule has 1 saturated heterocycles. The van der Waals surface area contributed by atoms with Crippen LogP contribution in [0, 0.1) is 0 Å². The largest absolute Gasteiger partial charge is 0.359 e. The van der Waals surface area contributed by atoms with Crippen molar-refractivity contribution in [1.82, 2.24) is 9.97 Å². The lowest BCUT2D eigenvalue weighted by Gasteiger charge is -2.30. The number of allylic oxidation sites excluding steroid dienone is 1. The maximum atomic E-state index is 5.74.